The van der Waals surface area contributed by atoms with Crippen molar-refractivity contribution >= 4 is 17.5 Å². The second-order valence-electron chi connectivity index (χ2n) is 10.2. The van der Waals surface area contributed by atoms with Gasteiger partial charge in [-0.15, -0.1) is 0 Å². The molecule has 6 nitrogen and oxygen atoms in total. The molecule has 2 amide bonds. The van der Waals surface area contributed by atoms with Crippen molar-refractivity contribution in [3.63, 3.8) is 0 Å². The van der Waals surface area contributed by atoms with Crippen LogP contribution in [0.3, 0.4) is 0 Å². The fourth-order valence-electron chi connectivity index (χ4n) is 5.37. The van der Waals surface area contributed by atoms with Gasteiger partial charge in [-0.2, -0.15) is 0 Å². The van der Waals surface area contributed by atoms with E-state index in [0.717, 1.165) is 18.4 Å². The van der Waals surface area contributed by atoms with E-state index in [2.05, 4.69) is 10.3 Å². The maximum Gasteiger partial charge on any atom is 0.243 e. The van der Waals surface area contributed by atoms with Crippen molar-refractivity contribution in [3.05, 3.63) is 107 Å². The molecule has 1 N–H and O–H groups in total. The number of rotatable bonds is 7. The molecular formula is C30H28F2N4O2. The topological polar surface area (TPSA) is 66.7 Å². The van der Waals surface area contributed by atoms with Crippen molar-refractivity contribution in [2.24, 2.45) is 0 Å². The molecule has 2 aliphatic rings. The fraction of sp³-hybridized carbons (Fsp3) is 0.300. The molecule has 4 aromatic rings. The number of benzene rings is 2. The lowest BCUT2D eigenvalue weighted by Crippen LogP contribution is -2.47. The summed E-state index contributed by atoms with van der Waals surface area (Å²) in [7, 11) is 0. The second kappa shape index (κ2) is 10.0. The predicted molar refractivity (Wildman–Crippen MR) is 139 cm³/mol. The normalized spacial score (nSPS) is 20.0. The highest BCUT2D eigenvalue weighted by molar-refractivity contribution is 5.89. The molecule has 2 fully saturated rings. The molecule has 0 bridgehead atoms. The van der Waals surface area contributed by atoms with Gasteiger partial charge in [-0.25, -0.2) is 13.8 Å². The largest absolute Gasteiger partial charge is 0.343 e. The number of carbonyl (C=O) groups excluding carboxylic acids is 2. The van der Waals surface area contributed by atoms with Crippen LogP contribution in [0.5, 0.6) is 0 Å². The maximum atomic E-state index is 14.9. The zero-order valence-corrected chi connectivity index (χ0v) is 20.8. The van der Waals surface area contributed by atoms with E-state index in [0.29, 0.717) is 22.5 Å². The molecule has 6 rings (SSSR count). The van der Waals surface area contributed by atoms with Crippen LogP contribution in [-0.2, 0) is 16.0 Å². The summed E-state index contributed by atoms with van der Waals surface area (Å²) in [5.41, 5.74) is 3.45. The molecule has 1 aliphatic heterocycles. The molecule has 3 atom stereocenters. The molecule has 1 saturated carbocycles. The molecule has 3 heterocycles. The van der Waals surface area contributed by atoms with E-state index in [1.165, 1.54) is 11.0 Å². The first-order valence-electron chi connectivity index (χ1n) is 13.0. The van der Waals surface area contributed by atoms with Gasteiger partial charge >= 0.3 is 0 Å². The molecule has 2 aromatic heterocycles. The third-order valence-electron chi connectivity index (χ3n) is 7.49. The Labute approximate surface area is 219 Å². The van der Waals surface area contributed by atoms with Gasteiger partial charge in [-0.3, -0.25) is 9.59 Å². The Balaban J connectivity index is 1.24. The SMILES string of the molecule is O=C(N[C@@H](c1ccccc1)c1ccc(C2CC2)c(F)c1)[C@@H]1C[C@@H](F)CN1C(=O)Cc1cnc2ccccn12. The average molecular weight is 515 g/mol. The highest BCUT2D eigenvalue weighted by Gasteiger charge is 2.40. The van der Waals surface area contributed by atoms with Crippen LogP contribution in [0.25, 0.3) is 5.65 Å². The van der Waals surface area contributed by atoms with E-state index >= 15 is 0 Å². The van der Waals surface area contributed by atoms with Gasteiger partial charge in [0, 0.05) is 18.8 Å². The molecule has 1 saturated heterocycles. The predicted octanol–water partition coefficient (Wildman–Crippen LogP) is 4.74. The van der Waals surface area contributed by atoms with Crippen LogP contribution in [0.2, 0.25) is 0 Å². The number of likely N-dealkylation sites (tertiary alicyclic amines) is 1. The number of alkyl halides is 1. The first kappa shape index (κ1) is 24.3. The summed E-state index contributed by atoms with van der Waals surface area (Å²) >= 11 is 0. The zero-order chi connectivity index (χ0) is 26.2. The molecular weight excluding hydrogens is 486 g/mol. The van der Waals surface area contributed by atoms with Crippen molar-refractivity contribution in [1.82, 2.24) is 19.6 Å². The highest BCUT2D eigenvalue weighted by atomic mass is 19.1. The number of pyridine rings is 1. The first-order chi connectivity index (χ1) is 18.5. The fourth-order valence-corrected chi connectivity index (χ4v) is 5.37. The van der Waals surface area contributed by atoms with Crippen LogP contribution >= 0.6 is 0 Å². The number of carbonyl (C=O) groups is 2. The number of amides is 2. The number of aromatic nitrogens is 2. The smallest absolute Gasteiger partial charge is 0.243 e. The second-order valence-corrected chi connectivity index (χ2v) is 10.2. The summed E-state index contributed by atoms with van der Waals surface area (Å²) in [5, 5.41) is 2.99. The molecule has 0 radical (unpaired) electrons. The van der Waals surface area contributed by atoms with E-state index in [1.807, 2.05) is 60.8 Å². The van der Waals surface area contributed by atoms with Gasteiger partial charge in [0.25, 0.3) is 0 Å². The lowest BCUT2D eigenvalue weighted by atomic mass is 9.96. The Morgan fingerprint density at radius 1 is 1.03 bits per heavy atom. The summed E-state index contributed by atoms with van der Waals surface area (Å²) in [4.78, 5) is 32.5. The van der Waals surface area contributed by atoms with Crippen molar-refractivity contribution in [2.45, 2.75) is 49.9 Å². The third kappa shape index (κ3) is 4.78. The Morgan fingerprint density at radius 2 is 1.82 bits per heavy atom. The first-order valence-corrected chi connectivity index (χ1v) is 13.0. The van der Waals surface area contributed by atoms with Crippen molar-refractivity contribution in [3.8, 4) is 0 Å². The van der Waals surface area contributed by atoms with Gasteiger partial charge in [0.2, 0.25) is 11.8 Å². The lowest BCUT2D eigenvalue weighted by molar-refractivity contribution is -0.138. The number of imidazole rings is 1. The van der Waals surface area contributed by atoms with Gasteiger partial charge < -0.3 is 14.6 Å². The maximum absolute atomic E-state index is 14.9. The summed E-state index contributed by atoms with van der Waals surface area (Å²) in [6, 6.07) is 18.3. The van der Waals surface area contributed by atoms with E-state index in [4.69, 9.17) is 0 Å². The van der Waals surface area contributed by atoms with Gasteiger partial charge in [0.05, 0.1) is 24.7 Å². The van der Waals surface area contributed by atoms with E-state index in [1.54, 1.807) is 16.7 Å². The standard InChI is InChI=1S/C30H28F2N4O2/c31-22-15-26(36(18-22)28(37)16-23-17-33-27-8-4-5-13-35(23)27)30(38)34-29(20-6-2-1-3-7-20)21-11-12-24(19-9-10-19)25(32)14-21/h1-8,11-14,17,19,22,26,29H,9-10,15-16,18H2,(H,34,38)/t22-,26+,29+/m1/s1. The molecule has 1 aliphatic carbocycles. The Kier molecular flexibility index (Phi) is 6.39. The van der Waals surface area contributed by atoms with Crippen molar-refractivity contribution in [1.29, 1.82) is 0 Å². The number of nitrogens with one attached hydrogen (secondary N) is 1. The third-order valence-corrected chi connectivity index (χ3v) is 7.49. The zero-order valence-electron chi connectivity index (χ0n) is 20.8. The van der Waals surface area contributed by atoms with Crippen LogP contribution in [0.4, 0.5) is 8.78 Å². The Bertz CT molecular complexity index is 1480. The summed E-state index contributed by atoms with van der Waals surface area (Å²) in [6.45, 7) is -0.144. The van der Waals surface area contributed by atoms with Crippen LogP contribution in [-0.4, -0.2) is 44.9 Å². The van der Waals surface area contributed by atoms with Crippen LogP contribution in [0.15, 0.2) is 79.1 Å². The van der Waals surface area contributed by atoms with Gasteiger partial charge in [-0.1, -0.05) is 48.5 Å². The number of halogens is 2. The highest BCUT2D eigenvalue weighted by Crippen LogP contribution is 2.42. The van der Waals surface area contributed by atoms with E-state index < -0.39 is 24.2 Å². The minimum Gasteiger partial charge on any atom is -0.343 e. The van der Waals surface area contributed by atoms with Crippen LogP contribution < -0.4 is 5.32 Å². The van der Waals surface area contributed by atoms with E-state index in [9.17, 15) is 18.4 Å². The number of fused-ring (bicyclic) bond motifs is 1. The molecule has 194 valence electrons. The Morgan fingerprint density at radius 3 is 2.58 bits per heavy atom. The summed E-state index contributed by atoms with van der Waals surface area (Å²) in [5.74, 6) is -0.819. The molecule has 38 heavy (non-hydrogen) atoms. The Hall–Kier alpha value is -4.07. The van der Waals surface area contributed by atoms with Crippen molar-refractivity contribution < 1.29 is 18.4 Å². The minimum atomic E-state index is -1.30. The number of hydrogen-bond donors (Lipinski definition) is 1. The summed E-state index contributed by atoms with van der Waals surface area (Å²) in [6.07, 6.45) is 4.02. The van der Waals surface area contributed by atoms with Crippen LogP contribution in [0, 0.1) is 5.82 Å². The monoisotopic (exact) mass is 514 g/mol. The average Bonchev–Trinajstić information content (AvgIpc) is 3.58. The van der Waals surface area contributed by atoms with Gasteiger partial charge in [0.15, 0.2) is 0 Å². The molecule has 2 aromatic carbocycles. The van der Waals surface area contributed by atoms with E-state index in [-0.39, 0.29) is 37.0 Å². The number of nitrogens with zero attached hydrogens (tertiary/aromatic N) is 3. The molecule has 0 spiro atoms. The minimum absolute atomic E-state index is 0.00235. The number of hydrogen-bond acceptors (Lipinski definition) is 3. The van der Waals surface area contributed by atoms with Gasteiger partial charge in [0.1, 0.15) is 23.7 Å². The lowest BCUT2D eigenvalue weighted by Gasteiger charge is -2.27. The molecule has 0 unspecified atom stereocenters. The van der Waals surface area contributed by atoms with Crippen LogP contribution in [0.1, 0.15) is 53.6 Å². The molecule has 8 heteroatoms. The van der Waals surface area contributed by atoms with Crippen molar-refractivity contribution in [2.75, 3.05) is 6.54 Å². The summed E-state index contributed by atoms with van der Waals surface area (Å²) < 4.78 is 31.3. The van der Waals surface area contributed by atoms with Gasteiger partial charge in [-0.05, 0) is 53.6 Å². The quantitative estimate of drug-likeness (QED) is 0.388.